The summed E-state index contributed by atoms with van der Waals surface area (Å²) in [5.41, 5.74) is 21.7. The van der Waals surface area contributed by atoms with Gasteiger partial charge >= 0.3 is 21.1 Å². The van der Waals surface area contributed by atoms with E-state index in [0.717, 1.165) is 101 Å². The molecule has 72 heavy (non-hydrogen) atoms. The number of hydrogen-bond acceptors (Lipinski definition) is 3. The molecule has 2 heterocycles. The van der Waals surface area contributed by atoms with Crippen LogP contribution in [0.2, 0.25) is 0 Å². The second kappa shape index (κ2) is 20.1. The number of pyridine rings is 1. The van der Waals surface area contributed by atoms with Gasteiger partial charge in [-0.2, -0.15) is 7.11 Å². The molecule has 0 spiro atoms. The van der Waals surface area contributed by atoms with Crippen LogP contribution in [0, 0.1) is 27.0 Å². The van der Waals surface area contributed by atoms with Crippen molar-refractivity contribution in [2.45, 2.75) is 40.0 Å². The van der Waals surface area contributed by atoms with Crippen LogP contribution in [0.1, 0.15) is 37.5 Å². The van der Waals surface area contributed by atoms with E-state index in [1.54, 1.807) is 0 Å². The average Bonchev–Trinajstić information content (AvgIpc) is 3.81. The zero-order valence-electron chi connectivity index (χ0n) is 41.1. The number of imidazole rings is 1. The quantitative estimate of drug-likeness (QED) is 0.128. The Hall–Kier alpha value is -7.91. The largest absolute Gasteiger partial charge is 2.00 e. The van der Waals surface area contributed by atoms with Crippen LogP contribution in [-0.4, -0.2) is 14.5 Å². The Bertz CT molecular complexity index is 3710. The smallest absolute Gasteiger partial charge is 0.665 e. The SMILES string of the molecule is [CH2-]Oc1c(C)cc(C)cc1-c1nc2c(-c3[c-]c(-c4cc(-c5ccc(-c6ccccc6)cc5)ccn4)cc(-c4ccccc4)c3)cccc2n1-c1cc(-c2ccccc2)c(C(C)(C)C)cc1-c1ccccc1.[Pt+2]. The number of hydrogen-bond donors (Lipinski definition) is 0. The van der Waals surface area contributed by atoms with Crippen LogP contribution in [0.15, 0.2) is 219 Å². The van der Waals surface area contributed by atoms with Crippen molar-refractivity contribution >= 4 is 11.0 Å². The molecule has 5 heteroatoms. The summed E-state index contributed by atoms with van der Waals surface area (Å²) in [6.07, 6.45) is 1.90. The molecule has 0 aliphatic carbocycles. The maximum atomic E-state index is 6.04. The van der Waals surface area contributed by atoms with E-state index in [0.29, 0.717) is 5.75 Å². The van der Waals surface area contributed by atoms with Gasteiger partial charge in [-0.3, -0.25) is 9.55 Å². The Morgan fingerprint density at radius 3 is 1.65 bits per heavy atom. The van der Waals surface area contributed by atoms with Gasteiger partial charge < -0.3 is 4.74 Å². The van der Waals surface area contributed by atoms with Crippen LogP contribution in [-0.2, 0) is 26.5 Å². The second-order valence-corrected chi connectivity index (χ2v) is 19.4. The molecule has 0 unspecified atom stereocenters. The van der Waals surface area contributed by atoms with Crippen LogP contribution >= 0.6 is 0 Å². The van der Waals surface area contributed by atoms with E-state index < -0.39 is 0 Å². The fraction of sp³-hybridized carbons (Fsp3) is 0.0896. The predicted molar refractivity (Wildman–Crippen MR) is 295 cm³/mol. The molecule has 0 bridgehead atoms. The Kier molecular flexibility index (Phi) is 13.3. The monoisotopic (exact) mass is 1110 g/mol. The van der Waals surface area contributed by atoms with Gasteiger partial charge in [0.15, 0.2) is 0 Å². The zero-order chi connectivity index (χ0) is 48.6. The molecule has 0 atom stereocenters. The van der Waals surface area contributed by atoms with Gasteiger partial charge in [0, 0.05) is 17.5 Å². The minimum Gasteiger partial charge on any atom is -0.665 e. The van der Waals surface area contributed by atoms with Gasteiger partial charge in [0.2, 0.25) is 0 Å². The van der Waals surface area contributed by atoms with Crippen molar-refractivity contribution in [3.05, 3.63) is 248 Å². The van der Waals surface area contributed by atoms with Crippen LogP contribution in [0.25, 0.3) is 106 Å². The number of fused-ring (bicyclic) bond motifs is 1. The third-order valence-electron chi connectivity index (χ3n) is 13.5. The molecule has 0 saturated carbocycles. The van der Waals surface area contributed by atoms with E-state index in [1.807, 2.05) is 12.3 Å². The molecule has 2 aromatic heterocycles. The first-order chi connectivity index (χ1) is 34.6. The molecule has 11 aromatic rings. The van der Waals surface area contributed by atoms with E-state index in [1.165, 1.54) is 22.3 Å². The second-order valence-electron chi connectivity index (χ2n) is 19.4. The molecule has 0 aliphatic rings. The first-order valence-corrected chi connectivity index (χ1v) is 24.2. The van der Waals surface area contributed by atoms with Gasteiger partial charge in [-0.1, -0.05) is 207 Å². The van der Waals surface area contributed by atoms with Crippen molar-refractivity contribution in [1.29, 1.82) is 0 Å². The van der Waals surface area contributed by atoms with Crippen molar-refractivity contribution in [2.24, 2.45) is 0 Å². The maximum absolute atomic E-state index is 6.04. The van der Waals surface area contributed by atoms with E-state index in [9.17, 15) is 0 Å². The summed E-state index contributed by atoms with van der Waals surface area (Å²) in [7, 11) is 3.98. The molecular formula is C67H53N3OPt. The van der Waals surface area contributed by atoms with Crippen molar-refractivity contribution in [3.8, 4) is 101 Å². The van der Waals surface area contributed by atoms with E-state index in [4.69, 9.17) is 14.7 Å². The van der Waals surface area contributed by atoms with Gasteiger partial charge in [0.05, 0.1) is 28.0 Å². The summed E-state index contributed by atoms with van der Waals surface area (Å²) >= 11 is 0. The van der Waals surface area contributed by atoms with Crippen LogP contribution in [0.4, 0.5) is 0 Å². The molecule has 0 amide bonds. The molecule has 4 nitrogen and oxygen atoms in total. The first kappa shape index (κ1) is 47.8. The summed E-state index contributed by atoms with van der Waals surface area (Å²) in [6.45, 7) is 11.1. The van der Waals surface area contributed by atoms with Gasteiger partial charge in [0.25, 0.3) is 0 Å². The fourth-order valence-electron chi connectivity index (χ4n) is 10.0. The third-order valence-corrected chi connectivity index (χ3v) is 13.5. The molecule has 11 rings (SSSR count). The van der Waals surface area contributed by atoms with Gasteiger partial charge in [0.1, 0.15) is 5.82 Å². The van der Waals surface area contributed by atoms with Gasteiger partial charge in [-0.05, 0) is 111 Å². The number of ether oxygens (including phenoxy) is 1. The van der Waals surface area contributed by atoms with E-state index >= 15 is 0 Å². The molecule has 352 valence electrons. The van der Waals surface area contributed by atoms with Crippen LogP contribution in [0.3, 0.4) is 0 Å². The van der Waals surface area contributed by atoms with Crippen LogP contribution < -0.4 is 4.74 Å². The number of aromatic nitrogens is 3. The van der Waals surface area contributed by atoms with Gasteiger partial charge in [-0.25, -0.2) is 4.98 Å². The molecule has 0 N–H and O–H groups in total. The predicted octanol–water partition coefficient (Wildman–Crippen LogP) is 17.6. The fourth-order valence-corrected chi connectivity index (χ4v) is 10.0. The number of benzene rings is 9. The Morgan fingerprint density at radius 1 is 0.486 bits per heavy atom. The summed E-state index contributed by atoms with van der Waals surface area (Å²) in [4.78, 5) is 10.7. The summed E-state index contributed by atoms with van der Waals surface area (Å²) in [6, 6.07) is 79.4. The molecule has 0 radical (unpaired) electrons. The summed E-state index contributed by atoms with van der Waals surface area (Å²) in [5, 5.41) is 0. The molecule has 9 aromatic carbocycles. The van der Waals surface area contributed by atoms with Gasteiger partial charge in [-0.15, -0.1) is 23.8 Å². The zero-order valence-corrected chi connectivity index (χ0v) is 43.3. The summed E-state index contributed by atoms with van der Waals surface area (Å²) < 4.78 is 8.38. The Balaban J connectivity index is 0.00000596. The minimum atomic E-state index is -0.165. The van der Waals surface area contributed by atoms with E-state index in [-0.39, 0.29) is 26.5 Å². The minimum absolute atomic E-state index is 0. The first-order valence-electron chi connectivity index (χ1n) is 24.2. The molecule has 0 saturated heterocycles. The van der Waals surface area contributed by atoms with Crippen LogP contribution in [0.5, 0.6) is 5.75 Å². The molecule has 0 fully saturated rings. The topological polar surface area (TPSA) is 39.9 Å². The number of aryl methyl sites for hydroxylation is 2. The van der Waals surface area contributed by atoms with E-state index in [2.05, 4.69) is 259 Å². The Labute approximate surface area is 438 Å². The third kappa shape index (κ3) is 9.27. The normalized spacial score (nSPS) is 11.4. The number of rotatable bonds is 10. The Morgan fingerprint density at radius 2 is 1.04 bits per heavy atom. The molecular weight excluding hydrogens is 1060 g/mol. The maximum Gasteiger partial charge on any atom is 2.00 e. The number of para-hydroxylation sites is 1. The standard InChI is InChI=1S/C67H53N3O.Pt/c1-44-36-45(2)65(71-6)59(37-44)66-69-64-56(28-19-29-62(64)70(66)63-43-57(50-24-15-9-16-25-50)60(67(3,4)5)42-58(63)51-26-17-10-18-27-51)54-38-53(47-22-13-8-14-23-47)39-55(40-54)61-41-52(34-35-68-61)49-32-30-48(31-33-49)46-20-11-7-12-21-46;/h7-39,41-43H,6H2,1-5H3;/q-2;+2. The average molecular weight is 1110 g/mol. The van der Waals surface area contributed by atoms with Crippen molar-refractivity contribution in [1.82, 2.24) is 14.5 Å². The van der Waals surface area contributed by atoms with Crippen molar-refractivity contribution in [2.75, 3.05) is 0 Å². The molecule has 0 aliphatic heterocycles. The van der Waals surface area contributed by atoms with Crippen molar-refractivity contribution < 1.29 is 25.8 Å². The number of nitrogens with zero attached hydrogens (tertiary/aromatic N) is 3. The van der Waals surface area contributed by atoms with Crippen molar-refractivity contribution in [3.63, 3.8) is 0 Å². The summed E-state index contributed by atoms with van der Waals surface area (Å²) in [5.74, 6) is 1.44.